The molecule has 6 nitrogen and oxygen atoms in total. The van der Waals surface area contributed by atoms with E-state index in [4.69, 9.17) is 23.2 Å². The first-order valence-corrected chi connectivity index (χ1v) is 7.87. The van der Waals surface area contributed by atoms with Crippen molar-refractivity contribution in [1.29, 1.82) is 0 Å². The van der Waals surface area contributed by atoms with Crippen LogP contribution in [0.2, 0.25) is 10.0 Å². The lowest BCUT2D eigenvalue weighted by Crippen LogP contribution is -2.28. The maximum absolute atomic E-state index is 11.9. The first-order valence-electron chi connectivity index (χ1n) is 5.63. The van der Waals surface area contributed by atoms with Crippen LogP contribution in [0.1, 0.15) is 17.3 Å². The fourth-order valence-corrected chi connectivity index (χ4v) is 2.39. The minimum atomic E-state index is -1.00. The van der Waals surface area contributed by atoms with Crippen LogP contribution in [0.15, 0.2) is 12.1 Å². The third-order valence-electron chi connectivity index (χ3n) is 2.41. The quantitative estimate of drug-likeness (QED) is 0.637. The van der Waals surface area contributed by atoms with Gasteiger partial charge in [-0.1, -0.05) is 30.1 Å². The number of rotatable bonds is 6. The van der Waals surface area contributed by atoms with Crippen LogP contribution in [0.4, 0.5) is 5.69 Å². The molecule has 9 heteroatoms. The highest BCUT2D eigenvalue weighted by molar-refractivity contribution is 7.84. The van der Waals surface area contributed by atoms with Crippen molar-refractivity contribution in [2.75, 3.05) is 18.1 Å². The fraction of sp³-hybridized carbons (Fsp3) is 0.364. The highest BCUT2D eigenvalue weighted by Gasteiger charge is 2.19. The predicted molar refractivity (Wildman–Crippen MR) is 79.0 cm³/mol. The van der Waals surface area contributed by atoms with E-state index in [-0.39, 0.29) is 27.8 Å². The van der Waals surface area contributed by atoms with E-state index in [2.05, 4.69) is 5.32 Å². The molecule has 0 aliphatic carbocycles. The molecule has 0 spiro atoms. The molecule has 1 aromatic carbocycles. The Kier molecular flexibility index (Phi) is 6.38. The average Bonchev–Trinajstić information content (AvgIpc) is 2.40. The van der Waals surface area contributed by atoms with Gasteiger partial charge in [-0.05, 0) is 0 Å². The van der Waals surface area contributed by atoms with Gasteiger partial charge in [0.15, 0.2) is 0 Å². The minimum Gasteiger partial charge on any atom is -0.351 e. The van der Waals surface area contributed by atoms with Gasteiger partial charge in [0.1, 0.15) is 0 Å². The smallest absolute Gasteiger partial charge is 0.271 e. The summed E-state index contributed by atoms with van der Waals surface area (Å²) in [6.07, 6.45) is 0. The molecule has 0 aliphatic heterocycles. The number of benzene rings is 1. The zero-order valence-electron chi connectivity index (χ0n) is 10.5. The Labute approximate surface area is 128 Å². The van der Waals surface area contributed by atoms with Crippen LogP contribution in [-0.2, 0) is 10.8 Å². The van der Waals surface area contributed by atoms with Crippen LogP contribution >= 0.6 is 23.2 Å². The number of hydrogen-bond acceptors (Lipinski definition) is 4. The first-order chi connectivity index (χ1) is 9.36. The van der Waals surface area contributed by atoms with E-state index in [1.165, 1.54) is 0 Å². The predicted octanol–water partition coefficient (Wildman–Crippen LogP) is 2.40. The Morgan fingerprint density at radius 3 is 2.65 bits per heavy atom. The second-order valence-corrected chi connectivity index (χ2v) is 6.39. The molecule has 1 unspecified atom stereocenters. The molecule has 0 radical (unpaired) electrons. The number of carbonyl (C=O) groups excluding carboxylic acids is 1. The zero-order valence-corrected chi connectivity index (χ0v) is 12.8. The van der Waals surface area contributed by atoms with Gasteiger partial charge in [0, 0.05) is 41.0 Å². The van der Waals surface area contributed by atoms with Crippen molar-refractivity contribution in [1.82, 2.24) is 5.32 Å². The molecule has 0 saturated carbocycles. The van der Waals surface area contributed by atoms with Crippen molar-refractivity contribution in [3.8, 4) is 0 Å². The van der Waals surface area contributed by atoms with Gasteiger partial charge in [0.25, 0.3) is 11.6 Å². The SMILES string of the molecule is CCS(=O)CCNC(=O)c1cc([N+](=O)[O-])cc(Cl)c1Cl. The van der Waals surface area contributed by atoms with E-state index < -0.39 is 21.6 Å². The van der Waals surface area contributed by atoms with Crippen molar-refractivity contribution in [2.24, 2.45) is 0 Å². The highest BCUT2D eigenvalue weighted by Crippen LogP contribution is 2.30. The third kappa shape index (κ3) is 4.43. The summed E-state index contributed by atoms with van der Waals surface area (Å²) in [5.74, 6) is 0.218. The molecule has 20 heavy (non-hydrogen) atoms. The molecule has 0 bridgehead atoms. The maximum Gasteiger partial charge on any atom is 0.271 e. The Balaban J connectivity index is 2.87. The van der Waals surface area contributed by atoms with Gasteiger partial charge in [-0.25, -0.2) is 0 Å². The summed E-state index contributed by atoms with van der Waals surface area (Å²) in [4.78, 5) is 21.9. The third-order valence-corrected chi connectivity index (χ3v) is 4.51. The van der Waals surface area contributed by atoms with E-state index in [0.29, 0.717) is 11.5 Å². The summed E-state index contributed by atoms with van der Waals surface area (Å²) < 4.78 is 11.2. The van der Waals surface area contributed by atoms with E-state index in [1.54, 1.807) is 6.92 Å². The lowest BCUT2D eigenvalue weighted by atomic mass is 10.2. The number of nitrogens with zero attached hydrogens (tertiary/aromatic N) is 1. The van der Waals surface area contributed by atoms with Gasteiger partial charge in [-0.3, -0.25) is 19.1 Å². The van der Waals surface area contributed by atoms with Crippen LogP contribution in [0.25, 0.3) is 0 Å². The van der Waals surface area contributed by atoms with Gasteiger partial charge in [0.05, 0.1) is 20.5 Å². The van der Waals surface area contributed by atoms with Crippen LogP contribution < -0.4 is 5.32 Å². The van der Waals surface area contributed by atoms with E-state index in [9.17, 15) is 19.1 Å². The molecule has 110 valence electrons. The molecule has 1 amide bonds. The molecule has 0 fully saturated rings. The number of nitro benzene ring substituents is 1. The number of nitrogens with one attached hydrogen (secondary N) is 1. The van der Waals surface area contributed by atoms with Gasteiger partial charge in [-0.2, -0.15) is 0 Å². The van der Waals surface area contributed by atoms with Crippen LogP contribution in [0.3, 0.4) is 0 Å². The van der Waals surface area contributed by atoms with Crippen LogP contribution in [0, 0.1) is 10.1 Å². The topological polar surface area (TPSA) is 89.3 Å². The average molecular weight is 339 g/mol. The number of amides is 1. The second-order valence-electron chi connectivity index (χ2n) is 3.73. The van der Waals surface area contributed by atoms with Crippen molar-refractivity contribution < 1.29 is 13.9 Å². The van der Waals surface area contributed by atoms with E-state index >= 15 is 0 Å². The number of carbonyl (C=O) groups is 1. The van der Waals surface area contributed by atoms with Crippen LogP contribution in [0.5, 0.6) is 0 Å². The lowest BCUT2D eigenvalue weighted by molar-refractivity contribution is -0.384. The summed E-state index contributed by atoms with van der Waals surface area (Å²) in [5.41, 5.74) is -0.394. The minimum absolute atomic E-state index is 0.0496. The van der Waals surface area contributed by atoms with Crippen molar-refractivity contribution >= 4 is 45.6 Å². The summed E-state index contributed by atoms with van der Waals surface area (Å²) in [6.45, 7) is 1.96. The van der Waals surface area contributed by atoms with Gasteiger partial charge >= 0.3 is 0 Å². The van der Waals surface area contributed by atoms with Gasteiger partial charge < -0.3 is 5.32 Å². The Hall–Kier alpha value is -1.18. The number of halogens is 2. The highest BCUT2D eigenvalue weighted by atomic mass is 35.5. The standard InChI is InChI=1S/C11H12Cl2N2O4S/c1-2-20(19)4-3-14-11(16)8-5-7(15(17)18)6-9(12)10(8)13/h5-6H,2-4H2,1H3,(H,14,16). The summed E-state index contributed by atoms with van der Waals surface area (Å²) in [5, 5.41) is 13.1. The molecule has 0 heterocycles. The number of nitro groups is 1. The molecule has 0 aliphatic rings. The van der Waals surface area contributed by atoms with Crippen molar-refractivity contribution in [2.45, 2.75) is 6.92 Å². The maximum atomic E-state index is 11.9. The largest absolute Gasteiger partial charge is 0.351 e. The van der Waals surface area contributed by atoms with Gasteiger partial charge in [-0.15, -0.1) is 0 Å². The summed E-state index contributed by atoms with van der Waals surface area (Å²) in [6, 6.07) is 2.13. The Morgan fingerprint density at radius 2 is 2.10 bits per heavy atom. The van der Waals surface area contributed by atoms with Crippen molar-refractivity contribution in [3.05, 3.63) is 37.9 Å². The Morgan fingerprint density at radius 1 is 1.45 bits per heavy atom. The summed E-state index contributed by atoms with van der Waals surface area (Å²) >= 11 is 11.6. The number of non-ortho nitro benzene ring substituents is 1. The lowest BCUT2D eigenvalue weighted by Gasteiger charge is -2.07. The molecule has 1 aromatic rings. The second kappa shape index (κ2) is 7.56. The molecule has 1 atom stereocenters. The van der Waals surface area contributed by atoms with Crippen LogP contribution in [-0.4, -0.2) is 33.1 Å². The monoisotopic (exact) mass is 338 g/mol. The first kappa shape index (κ1) is 16.9. The van der Waals surface area contributed by atoms with E-state index in [1.807, 2.05) is 0 Å². The van der Waals surface area contributed by atoms with Gasteiger partial charge in [0.2, 0.25) is 0 Å². The zero-order chi connectivity index (χ0) is 15.3. The molecule has 0 aromatic heterocycles. The molecule has 0 saturated heterocycles. The Bertz CT molecular complexity index is 566. The fourth-order valence-electron chi connectivity index (χ4n) is 1.36. The molecular formula is C11H12Cl2N2O4S. The van der Waals surface area contributed by atoms with E-state index in [0.717, 1.165) is 12.1 Å². The van der Waals surface area contributed by atoms with Crippen molar-refractivity contribution in [3.63, 3.8) is 0 Å². The summed E-state index contributed by atoms with van der Waals surface area (Å²) in [7, 11) is -1.00. The molecule has 1 rings (SSSR count). The normalized spacial score (nSPS) is 11.9. The molecule has 1 N–H and O–H groups in total. The molecular weight excluding hydrogens is 327 g/mol. The number of hydrogen-bond donors (Lipinski definition) is 1.